The van der Waals surface area contributed by atoms with Crippen LogP contribution in [0.3, 0.4) is 0 Å². The molecule has 1 aromatic carbocycles. The van der Waals surface area contributed by atoms with Crippen molar-refractivity contribution in [2.75, 3.05) is 13.1 Å². The van der Waals surface area contributed by atoms with Crippen LogP contribution >= 0.6 is 0 Å². The fourth-order valence-electron chi connectivity index (χ4n) is 2.85. The Balaban J connectivity index is 1.53. The predicted octanol–water partition coefficient (Wildman–Crippen LogP) is 0.588. The number of carbonyl (C=O) groups is 1. The quantitative estimate of drug-likeness (QED) is 0.822. The molecule has 1 heterocycles. The van der Waals surface area contributed by atoms with Gasteiger partial charge in [-0.15, -0.1) is 0 Å². The first-order chi connectivity index (χ1) is 10.9. The van der Waals surface area contributed by atoms with Gasteiger partial charge in [-0.3, -0.25) is 4.79 Å². The van der Waals surface area contributed by atoms with Gasteiger partial charge in [0.1, 0.15) is 0 Å². The topological polar surface area (TPSA) is 92.5 Å². The fourth-order valence-corrected chi connectivity index (χ4v) is 4.41. The minimum atomic E-state index is -3.31. The molecule has 2 aliphatic rings. The van der Waals surface area contributed by atoms with Gasteiger partial charge in [0.25, 0.3) is 0 Å². The molecule has 7 heteroatoms. The first-order valence-corrected chi connectivity index (χ1v) is 9.62. The first-order valence-electron chi connectivity index (χ1n) is 8.01. The van der Waals surface area contributed by atoms with Gasteiger partial charge < -0.3 is 11.1 Å². The lowest BCUT2D eigenvalue weighted by molar-refractivity contribution is -0.124. The molecule has 1 amide bonds. The van der Waals surface area contributed by atoms with Gasteiger partial charge in [0.2, 0.25) is 15.9 Å². The van der Waals surface area contributed by atoms with Gasteiger partial charge in [-0.1, -0.05) is 30.3 Å². The molecule has 1 aliphatic carbocycles. The van der Waals surface area contributed by atoms with Crippen LogP contribution in [-0.4, -0.2) is 43.3 Å². The highest BCUT2D eigenvalue weighted by Gasteiger charge is 2.46. The third-order valence-electron chi connectivity index (χ3n) is 4.62. The van der Waals surface area contributed by atoms with Crippen LogP contribution in [0.5, 0.6) is 0 Å². The average Bonchev–Trinajstić information content (AvgIpc) is 3.28. The molecule has 126 valence electrons. The van der Waals surface area contributed by atoms with Gasteiger partial charge in [0.05, 0.1) is 11.3 Å². The van der Waals surface area contributed by atoms with Crippen molar-refractivity contribution >= 4 is 15.9 Å². The van der Waals surface area contributed by atoms with Crippen molar-refractivity contribution in [3.8, 4) is 0 Å². The molecular weight excluding hydrogens is 314 g/mol. The summed E-state index contributed by atoms with van der Waals surface area (Å²) in [7, 11) is -3.31. The van der Waals surface area contributed by atoms with E-state index in [-0.39, 0.29) is 17.7 Å². The Morgan fingerprint density at radius 2 is 1.83 bits per heavy atom. The number of nitrogens with two attached hydrogens (primary N) is 1. The molecule has 0 spiro atoms. The van der Waals surface area contributed by atoms with E-state index in [1.54, 1.807) is 0 Å². The van der Waals surface area contributed by atoms with Gasteiger partial charge in [-0.2, -0.15) is 0 Å². The Kier molecular flexibility index (Phi) is 4.44. The van der Waals surface area contributed by atoms with Crippen molar-refractivity contribution in [3.63, 3.8) is 0 Å². The molecule has 1 aliphatic heterocycles. The summed E-state index contributed by atoms with van der Waals surface area (Å²) in [6.45, 7) is 0.884. The van der Waals surface area contributed by atoms with E-state index in [0.717, 1.165) is 18.4 Å². The Labute approximate surface area is 137 Å². The van der Waals surface area contributed by atoms with Crippen molar-refractivity contribution in [2.24, 2.45) is 5.73 Å². The average molecular weight is 337 g/mol. The van der Waals surface area contributed by atoms with E-state index in [9.17, 15) is 13.2 Å². The summed E-state index contributed by atoms with van der Waals surface area (Å²) in [5, 5.41) is 2.96. The zero-order valence-electron chi connectivity index (χ0n) is 13.1. The Morgan fingerprint density at radius 3 is 2.39 bits per heavy atom. The summed E-state index contributed by atoms with van der Waals surface area (Å²) in [4.78, 5) is 11.9. The van der Waals surface area contributed by atoms with E-state index in [1.165, 1.54) is 4.31 Å². The highest BCUT2D eigenvalue weighted by atomic mass is 32.2. The lowest BCUT2D eigenvalue weighted by atomic mass is 10.1. The minimum absolute atomic E-state index is 0.0201. The number of benzene rings is 1. The number of hydrogen-bond acceptors (Lipinski definition) is 4. The molecule has 1 saturated carbocycles. The Bertz CT molecular complexity index is 663. The molecule has 1 saturated heterocycles. The Morgan fingerprint density at radius 1 is 1.22 bits per heavy atom. The third-order valence-corrected chi connectivity index (χ3v) is 6.47. The van der Waals surface area contributed by atoms with Crippen LogP contribution in [0, 0.1) is 0 Å². The summed E-state index contributed by atoms with van der Waals surface area (Å²) in [5.41, 5.74) is 5.99. The highest BCUT2D eigenvalue weighted by molar-refractivity contribution is 7.88. The van der Waals surface area contributed by atoms with Crippen LogP contribution in [0.2, 0.25) is 0 Å². The monoisotopic (exact) mass is 337 g/mol. The van der Waals surface area contributed by atoms with Gasteiger partial charge in [-0.25, -0.2) is 12.7 Å². The summed E-state index contributed by atoms with van der Waals surface area (Å²) in [6.07, 6.45) is 2.75. The van der Waals surface area contributed by atoms with E-state index in [2.05, 4.69) is 5.32 Å². The molecule has 0 radical (unpaired) electrons. The first kappa shape index (κ1) is 16.4. The number of nitrogens with zero attached hydrogens (tertiary/aromatic N) is 1. The van der Waals surface area contributed by atoms with Crippen LogP contribution < -0.4 is 11.1 Å². The second-order valence-electron chi connectivity index (χ2n) is 6.54. The van der Waals surface area contributed by atoms with E-state index in [4.69, 9.17) is 5.73 Å². The molecule has 0 unspecified atom stereocenters. The van der Waals surface area contributed by atoms with Crippen LogP contribution in [0.25, 0.3) is 0 Å². The van der Waals surface area contributed by atoms with Gasteiger partial charge in [-0.05, 0) is 31.2 Å². The maximum atomic E-state index is 12.5. The van der Waals surface area contributed by atoms with Crippen molar-refractivity contribution in [3.05, 3.63) is 35.9 Å². The van der Waals surface area contributed by atoms with Crippen LogP contribution in [0.4, 0.5) is 0 Å². The van der Waals surface area contributed by atoms with Gasteiger partial charge in [0.15, 0.2) is 0 Å². The lowest BCUT2D eigenvalue weighted by Gasteiger charge is -2.32. The number of piperidine rings is 1. The maximum absolute atomic E-state index is 12.5. The number of carbonyl (C=O) groups excluding carboxylic acids is 1. The molecule has 6 nitrogen and oxygen atoms in total. The number of amides is 1. The number of nitrogens with one attached hydrogen (secondary N) is 1. The molecule has 3 N–H and O–H groups in total. The SMILES string of the molecule is NC1(C(=O)NC2CCN(S(=O)(=O)Cc3ccccc3)CC2)CC1. The molecule has 23 heavy (non-hydrogen) atoms. The number of hydrogen-bond donors (Lipinski definition) is 2. The minimum Gasteiger partial charge on any atom is -0.352 e. The van der Waals surface area contributed by atoms with E-state index < -0.39 is 15.6 Å². The van der Waals surface area contributed by atoms with Crippen LogP contribution in [0.1, 0.15) is 31.2 Å². The van der Waals surface area contributed by atoms with Crippen molar-refractivity contribution < 1.29 is 13.2 Å². The zero-order chi connectivity index (χ0) is 16.5. The Hall–Kier alpha value is -1.44. The molecule has 0 atom stereocenters. The second-order valence-corrected chi connectivity index (χ2v) is 8.51. The predicted molar refractivity (Wildman–Crippen MR) is 88.0 cm³/mol. The maximum Gasteiger partial charge on any atom is 0.240 e. The van der Waals surface area contributed by atoms with Gasteiger partial charge >= 0.3 is 0 Å². The standard InChI is InChI=1S/C16H23N3O3S/c17-16(8-9-16)15(20)18-14-6-10-19(11-7-14)23(21,22)12-13-4-2-1-3-5-13/h1-5,14H,6-12,17H2,(H,18,20). The number of rotatable bonds is 5. The molecule has 1 aromatic rings. The normalized spacial score (nSPS) is 21.8. The smallest absolute Gasteiger partial charge is 0.240 e. The van der Waals surface area contributed by atoms with E-state index >= 15 is 0 Å². The fraction of sp³-hybridized carbons (Fsp3) is 0.562. The summed E-state index contributed by atoms with van der Waals surface area (Å²) >= 11 is 0. The summed E-state index contributed by atoms with van der Waals surface area (Å²) in [5.74, 6) is -0.0698. The van der Waals surface area contributed by atoms with Crippen LogP contribution in [-0.2, 0) is 20.6 Å². The number of sulfonamides is 1. The summed E-state index contributed by atoms with van der Waals surface area (Å²) < 4.78 is 26.5. The van der Waals surface area contributed by atoms with Gasteiger partial charge in [0, 0.05) is 19.1 Å². The highest BCUT2D eigenvalue weighted by Crippen LogP contribution is 2.32. The zero-order valence-corrected chi connectivity index (χ0v) is 13.9. The van der Waals surface area contributed by atoms with E-state index in [1.807, 2.05) is 30.3 Å². The summed E-state index contributed by atoms with van der Waals surface area (Å²) in [6, 6.07) is 9.21. The molecule has 2 fully saturated rings. The lowest BCUT2D eigenvalue weighted by Crippen LogP contribution is -2.51. The van der Waals surface area contributed by atoms with Crippen molar-refractivity contribution in [1.29, 1.82) is 0 Å². The molecule has 3 rings (SSSR count). The molecule has 0 aromatic heterocycles. The third kappa shape index (κ3) is 3.91. The molecular formula is C16H23N3O3S. The van der Waals surface area contributed by atoms with Crippen LogP contribution in [0.15, 0.2) is 30.3 Å². The molecule has 0 bridgehead atoms. The van der Waals surface area contributed by atoms with Crippen molar-refractivity contribution in [2.45, 2.75) is 43.0 Å². The van der Waals surface area contributed by atoms with Crippen molar-refractivity contribution in [1.82, 2.24) is 9.62 Å². The second kappa shape index (κ2) is 6.22. The largest absolute Gasteiger partial charge is 0.352 e. The van der Waals surface area contributed by atoms with E-state index in [0.29, 0.717) is 25.9 Å².